The Kier molecular flexibility index (Phi) is 3.77. The van der Waals surface area contributed by atoms with E-state index >= 15 is 0 Å². The summed E-state index contributed by atoms with van der Waals surface area (Å²) in [5, 5.41) is 6.40. The maximum atomic E-state index is 4.43. The molecule has 0 aliphatic heterocycles. The van der Waals surface area contributed by atoms with E-state index in [0.29, 0.717) is 0 Å². The van der Waals surface area contributed by atoms with Crippen molar-refractivity contribution < 1.29 is 0 Å². The van der Waals surface area contributed by atoms with Gasteiger partial charge in [-0.2, -0.15) is 0 Å². The summed E-state index contributed by atoms with van der Waals surface area (Å²) in [4.78, 5) is 8.58. The molecule has 0 unspecified atom stereocenters. The highest BCUT2D eigenvalue weighted by Gasteiger charge is 2.00. The molecule has 1 aromatic carbocycles. The zero-order chi connectivity index (χ0) is 13.0. The van der Waals surface area contributed by atoms with Crippen molar-refractivity contribution in [2.24, 2.45) is 0 Å². The van der Waals surface area contributed by atoms with E-state index in [1.807, 2.05) is 13.0 Å². The van der Waals surface area contributed by atoms with Crippen molar-refractivity contribution in [1.82, 2.24) is 9.97 Å². The number of hydrogen-bond acceptors (Lipinski definition) is 4. The number of hydrogen-bond donors (Lipinski definition) is 2. The monoisotopic (exact) mass is 242 g/mol. The number of rotatable bonds is 4. The third-order valence-corrected chi connectivity index (χ3v) is 2.77. The molecule has 0 aliphatic rings. The maximum Gasteiger partial charge on any atom is 0.151 e. The Morgan fingerprint density at radius 2 is 1.83 bits per heavy atom. The molecule has 1 aromatic heterocycles. The summed E-state index contributed by atoms with van der Waals surface area (Å²) in [5.41, 5.74) is 3.57. The van der Waals surface area contributed by atoms with Gasteiger partial charge in [0.1, 0.15) is 5.82 Å². The predicted molar refractivity (Wildman–Crippen MR) is 75.4 cm³/mol. The van der Waals surface area contributed by atoms with Crippen LogP contribution in [0.1, 0.15) is 18.1 Å². The zero-order valence-electron chi connectivity index (χ0n) is 11.0. The quantitative estimate of drug-likeness (QED) is 0.864. The Morgan fingerprint density at radius 1 is 1.06 bits per heavy atom. The van der Waals surface area contributed by atoms with E-state index in [1.165, 1.54) is 11.1 Å². The van der Waals surface area contributed by atoms with Gasteiger partial charge < -0.3 is 10.6 Å². The molecule has 0 saturated heterocycles. The minimum absolute atomic E-state index is 0.747. The molecule has 0 fully saturated rings. The van der Waals surface area contributed by atoms with Crippen LogP contribution in [0.15, 0.2) is 30.6 Å². The average molecular weight is 242 g/mol. The van der Waals surface area contributed by atoms with Gasteiger partial charge in [-0.1, -0.05) is 6.07 Å². The third kappa shape index (κ3) is 2.97. The van der Waals surface area contributed by atoms with Gasteiger partial charge >= 0.3 is 0 Å². The van der Waals surface area contributed by atoms with Gasteiger partial charge in [0.2, 0.25) is 0 Å². The lowest BCUT2D eigenvalue weighted by Crippen LogP contribution is -2.02. The van der Waals surface area contributed by atoms with Gasteiger partial charge in [-0.15, -0.1) is 0 Å². The summed E-state index contributed by atoms with van der Waals surface area (Å²) in [6, 6.07) is 6.25. The van der Waals surface area contributed by atoms with Crippen LogP contribution in [0.5, 0.6) is 0 Å². The lowest BCUT2D eigenvalue weighted by Gasteiger charge is -2.09. The Morgan fingerprint density at radius 3 is 2.56 bits per heavy atom. The summed E-state index contributed by atoms with van der Waals surface area (Å²) in [5.74, 6) is 1.53. The molecule has 4 heteroatoms. The number of nitrogens with zero attached hydrogens (tertiary/aromatic N) is 2. The summed E-state index contributed by atoms with van der Waals surface area (Å²) < 4.78 is 0. The van der Waals surface area contributed by atoms with Gasteiger partial charge in [0, 0.05) is 12.2 Å². The molecule has 2 N–H and O–H groups in total. The van der Waals surface area contributed by atoms with Crippen LogP contribution in [-0.2, 0) is 0 Å². The molecule has 0 bridgehead atoms. The van der Waals surface area contributed by atoms with E-state index in [2.05, 4.69) is 46.6 Å². The van der Waals surface area contributed by atoms with E-state index in [-0.39, 0.29) is 0 Å². The SMILES string of the molecule is CCNc1cncc(Nc2ccc(C)c(C)c2)n1. The van der Waals surface area contributed by atoms with E-state index in [1.54, 1.807) is 12.4 Å². The molecule has 2 aromatic rings. The molecule has 0 saturated carbocycles. The van der Waals surface area contributed by atoms with Crippen LogP contribution in [0.25, 0.3) is 0 Å². The summed E-state index contributed by atoms with van der Waals surface area (Å²) in [7, 11) is 0. The van der Waals surface area contributed by atoms with Crippen molar-refractivity contribution in [3.8, 4) is 0 Å². The smallest absolute Gasteiger partial charge is 0.151 e. The number of aryl methyl sites for hydroxylation is 2. The fourth-order valence-corrected chi connectivity index (χ4v) is 1.66. The Balaban J connectivity index is 2.17. The largest absolute Gasteiger partial charge is 0.369 e. The molecule has 0 atom stereocenters. The van der Waals surface area contributed by atoms with Crippen LogP contribution in [0.4, 0.5) is 17.3 Å². The molecule has 0 aliphatic carbocycles. The van der Waals surface area contributed by atoms with E-state index < -0.39 is 0 Å². The Hall–Kier alpha value is -2.10. The summed E-state index contributed by atoms with van der Waals surface area (Å²) in [6.07, 6.45) is 3.44. The van der Waals surface area contributed by atoms with Crippen molar-refractivity contribution in [3.63, 3.8) is 0 Å². The second-order valence-electron chi connectivity index (χ2n) is 4.24. The van der Waals surface area contributed by atoms with Crippen LogP contribution in [-0.4, -0.2) is 16.5 Å². The van der Waals surface area contributed by atoms with Gasteiger partial charge in [-0.05, 0) is 44.0 Å². The van der Waals surface area contributed by atoms with Gasteiger partial charge in [0.05, 0.1) is 12.4 Å². The highest BCUT2D eigenvalue weighted by Crippen LogP contribution is 2.18. The van der Waals surface area contributed by atoms with Gasteiger partial charge in [-0.25, -0.2) is 4.98 Å². The molecule has 18 heavy (non-hydrogen) atoms. The van der Waals surface area contributed by atoms with Gasteiger partial charge in [0.15, 0.2) is 5.82 Å². The maximum absolute atomic E-state index is 4.43. The fourth-order valence-electron chi connectivity index (χ4n) is 1.66. The first-order valence-electron chi connectivity index (χ1n) is 6.09. The van der Waals surface area contributed by atoms with Gasteiger partial charge in [-0.3, -0.25) is 4.98 Å². The average Bonchev–Trinajstić information content (AvgIpc) is 2.35. The van der Waals surface area contributed by atoms with Crippen molar-refractivity contribution >= 4 is 17.3 Å². The van der Waals surface area contributed by atoms with Crippen molar-refractivity contribution in [2.75, 3.05) is 17.2 Å². The fraction of sp³-hybridized carbons (Fsp3) is 0.286. The second kappa shape index (κ2) is 5.49. The molecule has 2 rings (SSSR count). The lowest BCUT2D eigenvalue weighted by molar-refractivity contribution is 1.12. The number of benzene rings is 1. The highest BCUT2D eigenvalue weighted by atomic mass is 15.1. The molecular formula is C14H18N4. The summed E-state index contributed by atoms with van der Waals surface area (Å²) in [6.45, 7) is 7.07. The molecular weight excluding hydrogens is 224 g/mol. The molecule has 0 radical (unpaired) electrons. The topological polar surface area (TPSA) is 49.8 Å². The lowest BCUT2D eigenvalue weighted by atomic mass is 10.1. The summed E-state index contributed by atoms with van der Waals surface area (Å²) >= 11 is 0. The van der Waals surface area contributed by atoms with Crippen molar-refractivity contribution in [3.05, 3.63) is 41.7 Å². The van der Waals surface area contributed by atoms with Crippen LogP contribution in [0.2, 0.25) is 0 Å². The third-order valence-electron chi connectivity index (χ3n) is 2.77. The second-order valence-corrected chi connectivity index (χ2v) is 4.24. The molecule has 1 heterocycles. The van der Waals surface area contributed by atoms with Crippen LogP contribution in [0.3, 0.4) is 0 Å². The molecule has 0 spiro atoms. The van der Waals surface area contributed by atoms with Crippen LogP contribution in [0, 0.1) is 13.8 Å². The molecule has 94 valence electrons. The number of anilines is 3. The minimum atomic E-state index is 0.747. The normalized spacial score (nSPS) is 10.2. The number of nitrogens with one attached hydrogen (secondary N) is 2. The van der Waals surface area contributed by atoms with Crippen molar-refractivity contribution in [1.29, 1.82) is 0 Å². The Labute approximate surface area is 107 Å². The van der Waals surface area contributed by atoms with Crippen LogP contribution < -0.4 is 10.6 Å². The van der Waals surface area contributed by atoms with Crippen molar-refractivity contribution in [2.45, 2.75) is 20.8 Å². The van der Waals surface area contributed by atoms with Crippen LogP contribution >= 0.6 is 0 Å². The first kappa shape index (κ1) is 12.4. The highest BCUT2D eigenvalue weighted by molar-refractivity contribution is 5.58. The number of aromatic nitrogens is 2. The molecule has 0 amide bonds. The van der Waals surface area contributed by atoms with E-state index in [9.17, 15) is 0 Å². The van der Waals surface area contributed by atoms with Gasteiger partial charge in [0.25, 0.3) is 0 Å². The van der Waals surface area contributed by atoms with E-state index in [4.69, 9.17) is 0 Å². The first-order chi connectivity index (χ1) is 8.69. The predicted octanol–water partition coefficient (Wildman–Crippen LogP) is 3.27. The van der Waals surface area contributed by atoms with E-state index in [0.717, 1.165) is 23.9 Å². The first-order valence-corrected chi connectivity index (χ1v) is 6.09. The standard InChI is InChI=1S/C14H18N4/c1-4-16-13-8-15-9-14(18-13)17-12-6-5-10(2)11(3)7-12/h5-9H,4H2,1-3H3,(H2,16,17,18). The Bertz CT molecular complexity index is 537. The molecule has 4 nitrogen and oxygen atoms in total. The zero-order valence-corrected chi connectivity index (χ0v) is 11.0. The minimum Gasteiger partial charge on any atom is -0.369 e.